The summed E-state index contributed by atoms with van der Waals surface area (Å²) in [6, 6.07) is 0.308. The van der Waals surface area contributed by atoms with Gasteiger partial charge in [-0.3, -0.25) is 9.69 Å². The van der Waals surface area contributed by atoms with Crippen LogP contribution >= 0.6 is 11.3 Å². The predicted octanol–water partition coefficient (Wildman–Crippen LogP) is 1.31. The molecule has 5 nitrogen and oxygen atoms in total. The highest BCUT2D eigenvalue weighted by Gasteiger charge is 2.33. The van der Waals surface area contributed by atoms with Crippen molar-refractivity contribution in [1.29, 1.82) is 0 Å². The zero-order valence-electron chi connectivity index (χ0n) is 13.2. The second-order valence-corrected chi connectivity index (χ2v) is 7.19. The highest BCUT2D eigenvalue weighted by molar-refractivity contribution is 7.09. The van der Waals surface area contributed by atoms with Crippen molar-refractivity contribution in [2.45, 2.75) is 51.2 Å². The molecule has 1 saturated carbocycles. The molecule has 0 bridgehead atoms. The molecule has 1 amide bonds. The van der Waals surface area contributed by atoms with Gasteiger partial charge in [-0.05, 0) is 25.7 Å². The molecule has 2 heterocycles. The maximum absolute atomic E-state index is 12.4. The highest BCUT2D eigenvalue weighted by Crippen LogP contribution is 2.25. The average Bonchev–Trinajstić information content (AvgIpc) is 3.16. The van der Waals surface area contributed by atoms with E-state index in [1.54, 1.807) is 11.3 Å². The summed E-state index contributed by atoms with van der Waals surface area (Å²) in [5.41, 5.74) is 0.903. The van der Waals surface area contributed by atoms with Crippen LogP contribution < -0.4 is 0 Å². The molecule has 1 aliphatic heterocycles. The van der Waals surface area contributed by atoms with Crippen LogP contribution in [0.25, 0.3) is 0 Å². The largest absolute Gasteiger partial charge is 0.391 e. The first-order valence-corrected chi connectivity index (χ1v) is 9.18. The number of aliphatic hydroxyl groups excluding tert-OH is 1. The van der Waals surface area contributed by atoms with Crippen LogP contribution in [0.1, 0.15) is 36.9 Å². The first-order chi connectivity index (χ1) is 10.7. The molecule has 0 unspecified atom stereocenters. The van der Waals surface area contributed by atoms with E-state index >= 15 is 0 Å². The maximum Gasteiger partial charge on any atom is 0.228 e. The Balaban J connectivity index is 1.49. The highest BCUT2D eigenvalue weighted by atomic mass is 32.1. The monoisotopic (exact) mass is 323 g/mol. The number of aryl methyl sites for hydroxylation is 1. The zero-order chi connectivity index (χ0) is 15.5. The number of amides is 1. The van der Waals surface area contributed by atoms with E-state index in [0.29, 0.717) is 12.5 Å². The molecule has 2 atom stereocenters. The molecule has 0 radical (unpaired) electrons. The van der Waals surface area contributed by atoms with Gasteiger partial charge in [0.25, 0.3) is 0 Å². The van der Waals surface area contributed by atoms with E-state index < -0.39 is 0 Å². The molecule has 1 N–H and O–H groups in total. The standard InChI is InChI=1S/C16H25N3O2S/c1-2-15-17-12(11-22-15)10-16(21)19-8-6-18(7-9-19)13-4-3-5-14(13)20/h11,13-14,20H,2-10H2,1H3/t13-,14+/m1/s1. The van der Waals surface area contributed by atoms with Crippen molar-refractivity contribution < 1.29 is 9.90 Å². The molecule has 2 aliphatic rings. The number of aromatic nitrogens is 1. The first-order valence-electron chi connectivity index (χ1n) is 8.30. The van der Waals surface area contributed by atoms with Gasteiger partial charge >= 0.3 is 0 Å². The second-order valence-electron chi connectivity index (χ2n) is 6.25. The Bertz CT molecular complexity index is 511. The Morgan fingerprint density at radius 2 is 2.14 bits per heavy atom. The van der Waals surface area contributed by atoms with Crippen molar-refractivity contribution in [1.82, 2.24) is 14.8 Å². The summed E-state index contributed by atoms with van der Waals surface area (Å²) in [5.74, 6) is 0.180. The number of thiazole rings is 1. The number of rotatable bonds is 4. The molecule has 122 valence electrons. The van der Waals surface area contributed by atoms with Gasteiger partial charge < -0.3 is 10.0 Å². The normalized spacial score (nSPS) is 26.5. The fourth-order valence-electron chi connectivity index (χ4n) is 3.51. The van der Waals surface area contributed by atoms with Crippen molar-refractivity contribution in [3.05, 3.63) is 16.1 Å². The summed E-state index contributed by atoms with van der Waals surface area (Å²) in [5, 5.41) is 13.1. The van der Waals surface area contributed by atoms with E-state index in [1.807, 2.05) is 10.3 Å². The third-order valence-electron chi connectivity index (χ3n) is 4.81. The molecular weight excluding hydrogens is 298 g/mol. The van der Waals surface area contributed by atoms with Crippen molar-refractivity contribution in [2.75, 3.05) is 26.2 Å². The molecule has 1 aromatic heterocycles. The maximum atomic E-state index is 12.4. The topological polar surface area (TPSA) is 56.7 Å². The van der Waals surface area contributed by atoms with E-state index in [1.165, 1.54) is 0 Å². The Morgan fingerprint density at radius 3 is 2.73 bits per heavy atom. The SMILES string of the molecule is CCc1nc(CC(=O)N2CCN([C@@H]3CCC[C@@H]3O)CC2)cs1. The Morgan fingerprint density at radius 1 is 1.36 bits per heavy atom. The van der Waals surface area contributed by atoms with E-state index in [2.05, 4.69) is 16.8 Å². The van der Waals surface area contributed by atoms with Gasteiger partial charge in [0, 0.05) is 37.6 Å². The lowest BCUT2D eigenvalue weighted by Crippen LogP contribution is -2.53. The summed E-state index contributed by atoms with van der Waals surface area (Å²) in [7, 11) is 0. The third-order valence-corrected chi connectivity index (χ3v) is 5.86. The molecule has 6 heteroatoms. The van der Waals surface area contributed by atoms with Crippen molar-refractivity contribution in [2.24, 2.45) is 0 Å². The number of hydrogen-bond donors (Lipinski definition) is 1. The van der Waals surface area contributed by atoms with E-state index in [-0.39, 0.29) is 12.0 Å². The zero-order valence-corrected chi connectivity index (χ0v) is 14.0. The summed E-state index contributed by atoms with van der Waals surface area (Å²) in [6.45, 7) is 5.39. The van der Waals surface area contributed by atoms with Crippen LogP contribution in [0.3, 0.4) is 0 Å². The second kappa shape index (κ2) is 7.06. The number of aliphatic hydroxyl groups is 1. The van der Waals surface area contributed by atoms with Crippen LogP contribution in [0, 0.1) is 0 Å². The van der Waals surface area contributed by atoms with Crippen LogP contribution in [0.5, 0.6) is 0 Å². The van der Waals surface area contributed by atoms with Crippen LogP contribution in [0.15, 0.2) is 5.38 Å². The quantitative estimate of drug-likeness (QED) is 0.907. The summed E-state index contributed by atoms with van der Waals surface area (Å²) < 4.78 is 0. The Kier molecular flexibility index (Phi) is 5.10. The molecule has 3 rings (SSSR count). The minimum Gasteiger partial charge on any atom is -0.391 e. The van der Waals surface area contributed by atoms with Gasteiger partial charge in [-0.2, -0.15) is 0 Å². The van der Waals surface area contributed by atoms with Crippen LogP contribution in [0.2, 0.25) is 0 Å². The van der Waals surface area contributed by atoms with Crippen LogP contribution in [0.4, 0.5) is 0 Å². The lowest BCUT2D eigenvalue weighted by atomic mass is 10.1. The molecule has 22 heavy (non-hydrogen) atoms. The number of piperazine rings is 1. The summed E-state index contributed by atoms with van der Waals surface area (Å²) in [4.78, 5) is 21.2. The molecular formula is C16H25N3O2S. The molecule has 0 spiro atoms. The fourth-order valence-corrected chi connectivity index (χ4v) is 4.25. The smallest absolute Gasteiger partial charge is 0.228 e. The molecule has 1 saturated heterocycles. The molecule has 2 fully saturated rings. The minimum atomic E-state index is -0.176. The van der Waals surface area contributed by atoms with Gasteiger partial charge in [0.15, 0.2) is 0 Å². The lowest BCUT2D eigenvalue weighted by Gasteiger charge is -2.39. The summed E-state index contributed by atoms with van der Waals surface area (Å²) in [6.07, 6.45) is 4.31. The van der Waals surface area contributed by atoms with Crippen LogP contribution in [-0.4, -0.2) is 64.1 Å². The minimum absolute atomic E-state index is 0.176. The van der Waals surface area contributed by atoms with E-state index in [4.69, 9.17) is 0 Å². The third kappa shape index (κ3) is 3.50. The van der Waals surface area contributed by atoms with Gasteiger partial charge in [-0.25, -0.2) is 4.98 Å². The van der Waals surface area contributed by atoms with Crippen molar-refractivity contribution >= 4 is 17.2 Å². The number of carbonyl (C=O) groups is 1. The van der Waals surface area contributed by atoms with Crippen molar-refractivity contribution in [3.8, 4) is 0 Å². The number of nitrogens with zero attached hydrogens (tertiary/aromatic N) is 3. The van der Waals surface area contributed by atoms with Gasteiger partial charge in [0.05, 0.1) is 23.2 Å². The fraction of sp³-hybridized carbons (Fsp3) is 0.750. The average molecular weight is 323 g/mol. The van der Waals surface area contributed by atoms with Crippen molar-refractivity contribution in [3.63, 3.8) is 0 Å². The van der Waals surface area contributed by atoms with E-state index in [9.17, 15) is 9.90 Å². The van der Waals surface area contributed by atoms with Gasteiger partial charge in [0.1, 0.15) is 0 Å². The van der Waals surface area contributed by atoms with Crippen LogP contribution in [-0.2, 0) is 17.6 Å². The lowest BCUT2D eigenvalue weighted by molar-refractivity contribution is -0.132. The Hall–Kier alpha value is -0.980. The van der Waals surface area contributed by atoms with E-state index in [0.717, 1.165) is 62.6 Å². The Labute approximate surface area is 135 Å². The molecule has 1 aromatic rings. The number of carbonyl (C=O) groups excluding carboxylic acids is 1. The van der Waals surface area contributed by atoms with Gasteiger partial charge in [0.2, 0.25) is 5.91 Å². The predicted molar refractivity (Wildman–Crippen MR) is 87.0 cm³/mol. The first kappa shape index (κ1) is 15.9. The molecule has 1 aliphatic carbocycles. The van der Waals surface area contributed by atoms with Gasteiger partial charge in [-0.15, -0.1) is 11.3 Å². The molecule has 0 aromatic carbocycles. The summed E-state index contributed by atoms with van der Waals surface area (Å²) >= 11 is 1.64. The number of hydrogen-bond acceptors (Lipinski definition) is 5. The van der Waals surface area contributed by atoms with Gasteiger partial charge in [-0.1, -0.05) is 6.92 Å².